The average molecular weight is 308 g/mol. The summed E-state index contributed by atoms with van der Waals surface area (Å²) in [5.41, 5.74) is 1.06. The first kappa shape index (κ1) is 16.0. The zero-order valence-corrected chi connectivity index (χ0v) is 14.0. The van der Waals surface area contributed by atoms with Crippen molar-refractivity contribution in [2.24, 2.45) is 7.05 Å². The average Bonchev–Trinajstić information content (AvgIpc) is 2.99. The second-order valence-electron chi connectivity index (χ2n) is 5.50. The Morgan fingerprint density at radius 3 is 2.81 bits per heavy atom. The molecule has 0 aliphatic rings. The van der Waals surface area contributed by atoms with Crippen LogP contribution in [0.25, 0.3) is 10.2 Å². The van der Waals surface area contributed by atoms with Gasteiger partial charge in [0.2, 0.25) is 0 Å². The lowest BCUT2D eigenvalue weighted by Crippen LogP contribution is -2.31. The maximum Gasteiger partial charge on any atom is 0.261 e. The van der Waals surface area contributed by atoms with Gasteiger partial charge < -0.3 is 10.6 Å². The van der Waals surface area contributed by atoms with Crippen LogP contribution in [0.5, 0.6) is 0 Å². The SMILES string of the molecule is CCCNCCNC(=O)c1cc2c(C(C)C)nn(C)c2s1. The summed E-state index contributed by atoms with van der Waals surface area (Å²) in [7, 11) is 1.93. The van der Waals surface area contributed by atoms with Gasteiger partial charge in [-0.05, 0) is 24.9 Å². The van der Waals surface area contributed by atoms with E-state index >= 15 is 0 Å². The van der Waals surface area contributed by atoms with Gasteiger partial charge in [-0.15, -0.1) is 11.3 Å². The molecule has 0 aliphatic carbocycles. The predicted molar refractivity (Wildman–Crippen MR) is 88.2 cm³/mol. The standard InChI is InChI=1S/C15H24N4OS/c1-5-6-16-7-8-17-14(20)12-9-11-13(10(2)3)18-19(4)15(11)21-12/h9-10,16H,5-8H2,1-4H3,(H,17,20). The Morgan fingerprint density at radius 1 is 1.38 bits per heavy atom. The Labute approximate surface area is 129 Å². The lowest BCUT2D eigenvalue weighted by molar-refractivity contribution is 0.0958. The van der Waals surface area contributed by atoms with Gasteiger partial charge in [0.1, 0.15) is 4.83 Å². The van der Waals surface area contributed by atoms with Gasteiger partial charge in [0.15, 0.2) is 0 Å². The van der Waals surface area contributed by atoms with Crippen LogP contribution in [0.1, 0.15) is 48.5 Å². The molecule has 0 aliphatic heterocycles. The largest absolute Gasteiger partial charge is 0.350 e. The number of amides is 1. The molecule has 2 aromatic rings. The number of fused-ring (bicyclic) bond motifs is 1. The van der Waals surface area contributed by atoms with Crippen molar-refractivity contribution in [3.8, 4) is 0 Å². The molecule has 0 bridgehead atoms. The van der Waals surface area contributed by atoms with Crippen molar-refractivity contribution in [3.63, 3.8) is 0 Å². The fraction of sp³-hybridized carbons (Fsp3) is 0.600. The van der Waals surface area contributed by atoms with Gasteiger partial charge in [-0.3, -0.25) is 9.48 Å². The molecule has 0 saturated heterocycles. The van der Waals surface area contributed by atoms with E-state index in [1.165, 1.54) is 11.3 Å². The van der Waals surface area contributed by atoms with Crippen LogP contribution in [0.2, 0.25) is 0 Å². The molecule has 2 N–H and O–H groups in total. The van der Waals surface area contributed by atoms with Crippen LogP contribution < -0.4 is 10.6 Å². The highest BCUT2D eigenvalue weighted by Gasteiger charge is 2.18. The highest BCUT2D eigenvalue weighted by Crippen LogP contribution is 2.31. The van der Waals surface area contributed by atoms with Crippen molar-refractivity contribution in [2.75, 3.05) is 19.6 Å². The van der Waals surface area contributed by atoms with Gasteiger partial charge in [0.25, 0.3) is 5.91 Å². The molecule has 2 rings (SSSR count). The van der Waals surface area contributed by atoms with E-state index in [4.69, 9.17) is 0 Å². The molecule has 0 radical (unpaired) electrons. The molecular weight excluding hydrogens is 284 g/mol. The molecule has 6 heteroatoms. The molecular formula is C15H24N4OS. The summed E-state index contributed by atoms with van der Waals surface area (Å²) in [6.07, 6.45) is 1.11. The summed E-state index contributed by atoms with van der Waals surface area (Å²) in [4.78, 5) is 14.0. The quantitative estimate of drug-likeness (QED) is 0.773. The van der Waals surface area contributed by atoms with Gasteiger partial charge >= 0.3 is 0 Å². The highest BCUT2D eigenvalue weighted by molar-refractivity contribution is 7.20. The van der Waals surface area contributed by atoms with Crippen LogP contribution >= 0.6 is 11.3 Å². The Morgan fingerprint density at radius 2 is 2.14 bits per heavy atom. The first-order valence-corrected chi connectivity index (χ1v) is 8.31. The number of nitrogens with one attached hydrogen (secondary N) is 2. The van der Waals surface area contributed by atoms with Crippen molar-refractivity contribution in [3.05, 3.63) is 16.6 Å². The molecule has 0 saturated carbocycles. The second-order valence-corrected chi connectivity index (χ2v) is 6.53. The van der Waals surface area contributed by atoms with Gasteiger partial charge in [-0.1, -0.05) is 20.8 Å². The van der Waals surface area contributed by atoms with Crippen LogP contribution in [0.4, 0.5) is 0 Å². The van der Waals surface area contributed by atoms with E-state index in [9.17, 15) is 4.79 Å². The van der Waals surface area contributed by atoms with Gasteiger partial charge in [-0.25, -0.2) is 0 Å². The molecule has 116 valence electrons. The normalized spacial score (nSPS) is 11.5. The van der Waals surface area contributed by atoms with Crippen LogP contribution in [0, 0.1) is 0 Å². The fourth-order valence-electron chi connectivity index (χ4n) is 2.26. The summed E-state index contributed by atoms with van der Waals surface area (Å²) in [6.45, 7) is 8.83. The molecule has 0 atom stereocenters. The first-order valence-electron chi connectivity index (χ1n) is 7.50. The second kappa shape index (κ2) is 7.04. The van der Waals surface area contributed by atoms with E-state index in [1.807, 2.05) is 17.8 Å². The first-order chi connectivity index (χ1) is 10.0. The number of thiophene rings is 1. The number of hydrogen-bond acceptors (Lipinski definition) is 4. The van der Waals surface area contributed by atoms with E-state index in [-0.39, 0.29) is 5.91 Å². The predicted octanol–water partition coefficient (Wildman–Crippen LogP) is 2.49. The van der Waals surface area contributed by atoms with E-state index in [2.05, 4.69) is 36.5 Å². The minimum absolute atomic E-state index is 0.00389. The third kappa shape index (κ3) is 3.63. The molecule has 2 heterocycles. The maximum absolute atomic E-state index is 12.2. The third-order valence-electron chi connectivity index (χ3n) is 3.32. The van der Waals surface area contributed by atoms with Crippen molar-refractivity contribution in [1.82, 2.24) is 20.4 Å². The number of hydrogen-bond donors (Lipinski definition) is 2. The summed E-state index contributed by atoms with van der Waals surface area (Å²) in [6, 6.07) is 1.97. The molecule has 2 aromatic heterocycles. The Balaban J connectivity index is 2.05. The zero-order chi connectivity index (χ0) is 15.4. The number of aryl methyl sites for hydroxylation is 1. The molecule has 5 nitrogen and oxygen atoms in total. The molecule has 1 amide bonds. The topological polar surface area (TPSA) is 58.9 Å². The summed E-state index contributed by atoms with van der Waals surface area (Å²) in [5, 5.41) is 11.9. The minimum Gasteiger partial charge on any atom is -0.350 e. The van der Waals surface area contributed by atoms with Crippen LogP contribution in [-0.4, -0.2) is 35.3 Å². The zero-order valence-electron chi connectivity index (χ0n) is 13.2. The lowest BCUT2D eigenvalue weighted by atomic mass is 10.1. The monoisotopic (exact) mass is 308 g/mol. The van der Waals surface area contributed by atoms with E-state index in [0.29, 0.717) is 12.5 Å². The van der Waals surface area contributed by atoms with Gasteiger partial charge in [0.05, 0.1) is 10.6 Å². The highest BCUT2D eigenvalue weighted by atomic mass is 32.1. The van der Waals surface area contributed by atoms with Gasteiger partial charge in [-0.2, -0.15) is 5.10 Å². The number of carbonyl (C=O) groups is 1. The Bertz CT molecular complexity index is 614. The number of aromatic nitrogens is 2. The molecule has 0 fully saturated rings. The summed E-state index contributed by atoms with van der Waals surface area (Å²) in [5.74, 6) is 0.363. The molecule has 0 unspecified atom stereocenters. The van der Waals surface area contributed by atoms with E-state index in [0.717, 1.165) is 40.3 Å². The number of rotatable bonds is 7. The molecule has 0 spiro atoms. The lowest BCUT2D eigenvalue weighted by Gasteiger charge is -2.04. The van der Waals surface area contributed by atoms with E-state index < -0.39 is 0 Å². The van der Waals surface area contributed by atoms with Gasteiger partial charge in [0, 0.05) is 25.5 Å². The fourth-order valence-corrected chi connectivity index (χ4v) is 3.25. The number of carbonyl (C=O) groups excluding carboxylic acids is 1. The molecule has 21 heavy (non-hydrogen) atoms. The van der Waals surface area contributed by atoms with Crippen LogP contribution in [-0.2, 0) is 7.05 Å². The third-order valence-corrected chi connectivity index (χ3v) is 4.53. The van der Waals surface area contributed by atoms with Crippen molar-refractivity contribution < 1.29 is 4.79 Å². The smallest absolute Gasteiger partial charge is 0.261 e. The maximum atomic E-state index is 12.2. The molecule has 0 aromatic carbocycles. The van der Waals surface area contributed by atoms with Crippen LogP contribution in [0.3, 0.4) is 0 Å². The van der Waals surface area contributed by atoms with Crippen molar-refractivity contribution in [2.45, 2.75) is 33.1 Å². The van der Waals surface area contributed by atoms with Crippen molar-refractivity contribution in [1.29, 1.82) is 0 Å². The number of nitrogens with zero attached hydrogens (tertiary/aromatic N) is 2. The van der Waals surface area contributed by atoms with Crippen LogP contribution in [0.15, 0.2) is 6.07 Å². The van der Waals surface area contributed by atoms with Crippen molar-refractivity contribution >= 4 is 27.5 Å². The minimum atomic E-state index is 0.00389. The summed E-state index contributed by atoms with van der Waals surface area (Å²) >= 11 is 1.51. The Hall–Kier alpha value is -1.40. The van der Waals surface area contributed by atoms with E-state index in [1.54, 1.807) is 0 Å². The Kier molecular flexibility index (Phi) is 5.36. The summed E-state index contributed by atoms with van der Waals surface area (Å²) < 4.78 is 1.87.